The van der Waals surface area contributed by atoms with Gasteiger partial charge in [0.2, 0.25) is 0 Å². The highest BCUT2D eigenvalue weighted by molar-refractivity contribution is 6.30. The fourth-order valence-corrected chi connectivity index (χ4v) is 5.61. The number of anilines is 1. The topological polar surface area (TPSA) is 86.1 Å². The van der Waals surface area contributed by atoms with Crippen molar-refractivity contribution in [1.29, 1.82) is 0 Å². The minimum Gasteiger partial charge on any atom is -0.487 e. The standard InChI is InChI=1S/C30H34ClN3O4/c1-30(2,37)20-7-12-28-25(17-20)23(24-5-3-13-32-26(24)19-38-28)6-4-14-33-15-16-34(27(18-33)29(35)36)22-10-8-21(31)9-11-22/h3,5-13,20,27,37H,4,14-19H2,1-2H3,(H,35,36)/b23-6+. The van der Waals surface area contributed by atoms with Gasteiger partial charge in [0.15, 0.2) is 0 Å². The minimum atomic E-state index is -0.847. The van der Waals surface area contributed by atoms with Gasteiger partial charge in [-0.05, 0) is 68.7 Å². The van der Waals surface area contributed by atoms with Crippen LogP contribution in [0.4, 0.5) is 5.69 Å². The maximum atomic E-state index is 12.2. The second-order valence-electron chi connectivity index (χ2n) is 10.7. The molecule has 2 aliphatic heterocycles. The number of hydrogen-bond acceptors (Lipinski definition) is 6. The second kappa shape index (κ2) is 10.9. The molecule has 0 amide bonds. The van der Waals surface area contributed by atoms with Gasteiger partial charge >= 0.3 is 5.97 Å². The Hall–Kier alpha value is -3.13. The SMILES string of the molecule is CC(C)(O)C1C=CC2=C(C1)/C(=C/CCN1CCN(c3ccc(Cl)cc3)C(C(=O)O)C1)c1cccnc1CO2. The number of rotatable bonds is 6. The third kappa shape index (κ3) is 5.65. The lowest BCUT2D eigenvalue weighted by Gasteiger charge is -2.40. The average molecular weight is 536 g/mol. The van der Waals surface area contributed by atoms with Crippen molar-refractivity contribution in [2.24, 2.45) is 5.92 Å². The van der Waals surface area contributed by atoms with Gasteiger partial charge in [0.1, 0.15) is 18.4 Å². The predicted molar refractivity (Wildman–Crippen MR) is 149 cm³/mol. The van der Waals surface area contributed by atoms with E-state index in [4.69, 9.17) is 16.3 Å². The number of ether oxygens (including phenoxy) is 1. The van der Waals surface area contributed by atoms with E-state index >= 15 is 0 Å². The first-order valence-electron chi connectivity index (χ1n) is 13.1. The van der Waals surface area contributed by atoms with Gasteiger partial charge in [-0.25, -0.2) is 4.79 Å². The molecule has 0 spiro atoms. The van der Waals surface area contributed by atoms with Crippen molar-refractivity contribution in [3.05, 3.63) is 88.4 Å². The van der Waals surface area contributed by atoms with Crippen LogP contribution >= 0.6 is 11.6 Å². The summed E-state index contributed by atoms with van der Waals surface area (Å²) < 4.78 is 6.14. The molecule has 1 aromatic carbocycles. The van der Waals surface area contributed by atoms with Crippen molar-refractivity contribution in [1.82, 2.24) is 9.88 Å². The molecule has 2 N–H and O–H groups in total. The predicted octanol–water partition coefficient (Wildman–Crippen LogP) is 4.92. The molecule has 3 heterocycles. The Morgan fingerprint density at radius 1 is 1.24 bits per heavy atom. The fourth-order valence-electron chi connectivity index (χ4n) is 5.48. The lowest BCUT2D eigenvalue weighted by molar-refractivity contribution is -0.139. The number of benzene rings is 1. The maximum Gasteiger partial charge on any atom is 0.327 e. The van der Waals surface area contributed by atoms with Crippen LogP contribution in [0.5, 0.6) is 0 Å². The van der Waals surface area contributed by atoms with Gasteiger partial charge in [-0.2, -0.15) is 0 Å². The molecule has 1 fully saturated rings. The summed E-state index contributed by atoms with van der Waals surface area (Å²) in [6, 6.07) is 10.7. The summed E-state index contributed by atoms with van der Waals surface area (Å²) in [6.45, 7) is 6.67. The molecule has 7 nitrogen and oxygen atoms in total. The fraction of sp³-hybridized carbons (Fsp3) is 0.400. The van der Waals surface area contributed by atoms with Crippen molar-refractivity contribution in [2.75, 3.05) is 31.1 Å². The van der Waals surface area contributed by atoms with E-state index in [0.29, 0.717) is 31.1 Å². The van der Waals surface area contributed by atoms with Crippen LogP contribution in [0.2, 0.25) is 5.02 Å². The number of aliphatic carboxylic acids is 1. The molecular formula is C30H34ClN3O4. The van der Waals surface area contributed by atoms with Crippen LogP contribution in [-0.2, 0) is 16.1 Å². The molecule has 2 unspecified atom stereocenters. The first-order valence-corrected chi connectivity index (χ1v) is 13.5. The quantitative estimate of drug-likeness (QED) is 0.543. The molecule has 1 aromatic heterocycles. The van der Waals surface area contributed by atoms with E-state index in [1.807, 2.05) is 49.1 Å². The van der Waals surface area contributed by atoms with Crippen LogP contribution in [-0.4, -0.2) is 63.9 Å². The van der Waals surface area contributed by atoms with E-state index in [9.17, 15) is 15.0 Å². The lowest BCUT2D eigenvalue weighted by Crippen LogP contribution is -2.56. The van der Waals surface area contributed by atoms with Gasteiger partial charge in [0, 0.05) is 60.1 Å². The summed E-state index contributed by atoms with van der Waals surface area (Å²) >= 11 is 6.03. The van der Waals surface area contributed by atoms with Crippen LogP contribution in [0.15, 0.2) is 72.2 Å². The van der Waals surface area contributed by atoms with Gasteiger partial charge in [-0.15, -0.1) is 0 Å². The third-order valence-corrected chi connectivity index (χ3v) is 7.93. The number of fused-ring (bicyclic) bond motifs is 1. The molecule has 3 aliphatic rings. The normalized spacial score (nSPS) is 23.1. The molecule has 1 saturated heterocycles. The number of carboxylic acid groups (broad SMARTS) is 1. The van der Waals surface area contributed by atoms with Crippen molar-refractivity contribution in [2.45, 2.75) is 44.9 Å². The zero-order chi connectivity index (χ0) is 26.9. The number of carbonyl (C=O) groups is 1. The molecule has 0 radical (unpaired) electrons. The molecule has 38 heavy (non-hydrogen) atoms. The van der Waals surface area contributed by atoms with E-state index in [2.05, 4.69) is 22.0 Å². The summed E-state index contributed by atoms with van der Waals surface area (Å²) in [5.74, 6) is -0.0219. The van der Waals surface area contributed by atoms with E-state index in [1.165, 1.54) is 0 Å². The molecule has 5 rings (SSSR count). The minimum absolute atomic E-state index is 0.0243. The van der Waals surface area contributed by atoms with Gasteiger partial charge in [0.05, 0.1) is 11.3 Å². The number of aromatic nitrogens is 1. The Morgan fingerprint density at radius 3 is 2.76 bits per heavy atom. The molecule has 2 atom stereocenters. The van der Waals surface area contributed by atoms with Crippen LogP contribution in [0.1, 0.15) is 37.9 Å². The highest BCUT2D eigenvalue weighted by Crippen LogP contribution is 2.41. The van der Waals surface area contributed by atoms with Crippen molar-refractivity contribution >= 4 is 28.8 Å². The van der Waals surface area contributed by atoms with Gasteiger partial charge in [-0.3, -0.25) is 9.88 Å². The average Bonchev–Trinajstić information content (AvgIpc) is 3.05. The molecule has 0 bridgehead atoms. The summed E-state index contributed by atoms with van der Waals surface area (Å²) in [7, 11) is 0. The number of aliphatic hydroxyl groups is 1. The highest BCUT2D eigenvalue weighted by atomic mass is 35.5. The molecular weight excluding hydrogens is 502 g/mol. The summed E-state index contributed by atoms with van der Waals surface area (Å²) in [5.41, 5.74) is 4.15. The zero-order valence-electron chi connectivity index (χ0n) is 21.8. The van der Waals surface area contributed by atoms with Crippen molar-refractivity contribution < 1.29 is 19.7 Å². The number of piperazine rings is 1. The first-order chi connectivity index (χ1) is 18.2. The van der Waals surface area contributed by atoms with Crippen molar-refractivity contribution in [3.8, 4) is 0 Å². The number of hydrogen-bond donors (Lipinski definition) is 2. The Balaban J connectivity index is 1.35. The number of pyridine rings is 1. The lowest BCUT2D eigenvalue weighted by atomic mass is 9.78. The number of halogens is 1. The van der Waals surface area contributed by atoms with Crippen molar-refractivity contribution in [3.63, 3.8) is 0 Å². The Kier molecular flexibility index (Phi) is 7.61. The van der Waals surface area contributed by atoms with Gasteiger partial charge < -0.3 is 19.8 Å². The Morgan fingerprint density at radius 2 is 2.03 bits per heavy atom. The van der Waals surface area contributed by atoms with Gasteiger partial charge in [-0.1, -0.05) is 29.8 Å². The second-order valence-corrected chi connectivity index (χ2v) is 11.1. The first kappa shape index (κ1) is 26.5. The summed E-state index contributed by atoms with van der Waals surface area (Å²) in [6.07, 6.45) is 9.46. The summed E-state index contributed by atoms with van der Waals surface area (Å²) in [5, 5.41) is 21.3. The van der Waals surface area contributed by atoms with Crippen LogP contribution in [0.3, 0.4) is 0 Å². The smallest absolute Gasteiger partial charge is 0.327 e. The molecule has 1 aliphatic carbocycles. The van der Waals surface area contributed by atoms with Crippen LogP contribution in [0.25, 0.3) is 5.57 Å². The van der Waals surface area contributed by atoms with Crippen LogP contribution < -0.4 is 4.90 Å². The van der Waals surface area contributed by atoms with Gasteiger partial charge in [0.25, 0.3) is 0 Å². The summed E-state index contributed by atoms with van der Waals surface area (Å²) in [4.78, 5) is 20.9. The van der Waals surface area contributed by atoms with Crippen LogP contribution in [0, 0.1) is 5.92 Å². The monoisotopic (exact) mass is 535 g/mol. The van der Waals surface area contributed by atoms with E-state index in [1.54, 1.807) is 18.3 Å². The maximum absolute atomic E-state index is 12.2. The number of carboxylic acids is 1. The van der Waals surface area contributed by atoms with E-state index in [-0.39, 0.29) is 5.92 Å². The van der Waals surface area contributed by atoms with E-state index in [0.717, 1.165) is 53.4 Å². The number of allylic oxidation sites excluding steroid dienone is 3. The number of nitrogens with zero attached hydrogens (tertiary/aromatic N) is 3. The largest absolute Gasteiger partial charge is 0.487 e. The molecule has 8 heteroatoms. The molecule has 200 valence electrons. The Labute approximate surface area is 228 Å². The zero-order valence-corrected chi connectivity index (χ0v) is 22.6. The van der Waals surface area contributed by atoms with E-state index < -0.39 is 17.6 Å². The third-order valence-electron chi connectivity index (χ3n) is 7.68. The highest BCUT2D eigenvalue weighted by Gasteiger charge is 2.34. The molecule has 0 saturated carbocycles. The Bertz CT molecular complexity index is 1280. The molecule has 2 aromatic rings.